The van der Waals surface area contributed by atoms with Crippen LogP contribution in [0.2, 0.25) is 0 Å². The minimum atomic E-state index is 0.439. The molecule has 0 saturated heterocycles. The van der Waals surface area contributed by atoms with E-state index in [-0.39, 0.29) is 0 Å². The number of hydrogen-bond donors (Lipinski definition) is 0. The fraction of sp³-hybridized carbons (Fsp3) is 0.115. The average Bonchev–Trinajstić information content (AvgIpc) is 2.83. The first-order valence-electron chi connectivity index (χ1n) is 9.91. The highest BCUT2D eigenvalue weighted by atomic mass is 16.7. The van der Waals surface area contributed by atoms with Crippen molar-refractivity contribution in [2.45, 2.75) is 13.2 Å². The highest BCUT2D eigenvalue weighted by molar-refractivity contribution is 5.73. The molecule has 0 amide bonds. The highest BCUT2D eigenvalue weighted by Gasteiger charge is 2.13. The van der Waals surface area contributed by atoms with E-state index in [1.54, 1.807) is 19.5 Å². The topological polar surface area (TPSA) is 34.6 Å². The maximum atomic E-state index is 6.33. The molecule has 4 nitrogen and oxygen atoms in total. The van der Waals surface area contributed by atoms with E-state index in [0.29, 0.717) is 13.2 Å². The van der Waals surface area contributed by atoms with Gasteiger partial charge in [-0.05, 0) is 47.0 Å². The molecule has 4 aromatic rings. The lowest BCUT2D eigenvalue weighted by molar-refractivity contribution is 0.0911. The van der Waals surface area contributed by atoms with Crippen molar-refractivity contribution in [1.82, 2.24) is 4.98 Å². The van der Waals surface area contributed by atoms with E-state index in [1.165, 1.54) is 0 Å². The summed E-state index contributed by atoms with van der Waals surface area (Å²) in [7, 11) is 1.70. The van der Waals surface area contributed by atoms with Crippen LogP contribution in [0.25, 0.3) is 11.1 Å². The summed E-state index contributed by atoms with van der Waals surface area (Å²) in [5, 5.41) is 1.92. The van der Waals surface area contributed by atoms with Gasteiger partial charge in [0.15, 0.2) is 0 Å². The Morgan fingerprint density at radius 1 is 0.733 bits per heavy atom. The second-order valence-corrected chi connectivity index (χ2v) is 6.86. The fourth-order valence-corrected chi connectivity index (χ4v) is 3.38. The molecule has 0 unspecified atom stereocenters. The van der Waals surface area contributed by atoms with E-state index < -0.39 is 0 Å². The van der Waals surface area contributed by atoms with Crippen molar-refractivity contribution < 1.29 is 9.57 Å². The van der Waals surface area contributed by atoms with Crippen molar-refractivity contribution in [3.05, 3.63) is 115 Å². The van der Waals surface area contributed by atoms with Gasteiger partial charge in [-0.1, -0.05) is 60.7 Å². The fourth-order valence-electron chi connectivity index (χ4n) is 3.38. The van der Waals surface area contributed by atoms with Gasteiger partial charge in [-0.15, -0.1) is 0 Å². The zero-order valence-corrected chi connectivity index (χ0v) is 16.9. The van der Waals surface area contributed by atoms with Crippen molar-refractivity contribution in [2.75, 3.05) is 12.2 Å². The number of hydrogen-bond acceptors (Lipinski definition) is 4. The van der Waals surface area contributed by atoms with E-state index in [0.717, 1.165) is 33.7 Å². The first kappa shape index (κ1) is 19.7. The molecule has 30 heavy (non-hydrogen) atoms. The number of para-hydroxylation sites is 2. The second kappa shape index (κ2) is 9.72. The van der Waals surface area contributed by atoms with Crippen molar-refractivity contribution in [1.29, 1.82) is 0 Å². The van der Waals surface area contributed by atoms with E-state index >= 15 is 0 Å². The summed E-state index contributed by atoms with van der Waals surface area (Å²) in [6.07, 6.45) is 3.60. The van der Waals surface area contributed by atoms with Crippen LogP contribution in [0.15, 0.2) is 103 Å². The Hall–Kier alpha value is -3.63. The maximum absolute atomic E-state index is 6.33. The third-order valence-corrected chi connectivity index (χ3v) is 4.91. The lowest BCUT2D eigenvalue weighted by atomic mass is 9.99. The predicted octanol–water partition coefficient (Wildman–Crippen LogP) is 5.90. The second-order valence-electron chi connectivity index (χ2n) is 6.86. The quantitative estimate of drug-likeness (QED) is 0.348. The number of ether oxygens (including phenoxy) is 1. The Labute approximate surface area is 177 Å². The van der Waals surface area contributed by atoms with Gasteiger partial charge in [-0.2, -0.15) is 0 Å². The number of methoxy groups -OCH3 is 1. The molecule has 0 saturated carbocycles. The van der Waals surface area contributed by atoms with Crippen LogP contribution in [0.4, 0.5) is 5.69 Å². The minimum Gasteiger partial charge on any atom is -0.496 e. The summed E-state index contributed by atoms with van der Waals surface area (Å²) in [6.45, 7) is 1.07. The van der Waals surface area contributed by atoms with Gasteiger partial charge in [0, 0.05) is 18.0 Å². The first-order valence-corrected chi connectivity index (χ1v) is 9.91. The lowest BCUT2D eigenvalue weighted by Crippen LogP contribution is -2.23. The van der Waals surface area contributed by atoms with Crippen LogP contribution < -0.4 is 9.80 Å². The summed E-state index contributed by atoms with van der Waals surface area (Å²) in [6, 6.07) is 30.5. The Kier molecular flexibility index (Phi) is 6.38. The monoisotopic (exact) mass is 396 g/mol. The van der Waals surface area contributed by atoms with Crippen LogP contribution in [0.1, 0.15) is 11.1 Å². The van der Waals surface area contributed by atoms with Crippen molar-refractivity contribution >= 4 is 5.69 Å². The Balaban J connectivity index is 1.60. The molecule has 0 radical (unpaired) electrons. The van der Waals surface area contributed by atoms with Crippen LogP contribution in [-0.2, 0) is 18.0 Å². The van der Waals surface area contributed by atoms with Gasteiger partial charge in [0.05, 0.1) is 19.3 Å². The van der Waals surface area contributed by atoms with Crippen molar-refractivity contribution in [3.8, 4) is 16.9 Å². The third-order valence-electron chi connectivity index (χ3n) is 4.91. The van der Waals surface area contributed by atoms with Crippen LogP contribution >= 0.6 is 0 Å². The maximum Gasteiger partial charge on any atom is 0.126 e. The molecule has 3 aromatic carbocycles. The van der Waals surface area contributed by atoms with Crippen LogP contribution in [-0.4, -0.2) is 12.1 Å². The van der Waals surface area contributed by atoms with Crippen molar-refractivity contribution in [2.24, 2.45) is 0 Å². The standard InChI is InChI=1S/C26H24N2O2/c1-29-26-14-8-7-13-25(26)24-12-6-5-9-22(24)20-30-28(23-10-3-2-4-11-23)19-21-15-17-27-18-16-21/h2-18H,19-20H2,1H3. The first-order chi connectivity index (χ1) is 14.8. The summed E-state index contributed by atoms with van der Waals surface area (Å²) in [4.78, 5) is 10.4. The molecule has 4 rings (SSSR count). The minimum absolute atomic E-state index is 0.439. The van der Waals surface area contributed by atoms with E-state index in [4.69, 9.17) is 9.57 Å². The van der Waals surface area contributed by atoms with Gasteiger partial charge in [-0.25, -0.2) is 5.06 Å². The molecule has 0 spiro atoms. The Bertz CT molecular complexity index is 1070. The van der Waals surface area contributed by atoms with Crippen molar-refractivity contribution in [3.63, 3.8) is 0 Å². The molecule has 0 aliphatic carbocycles. The number of anilines is 1. The van der Waals surface area contributed by atoms with E-state index in [1.807, 2.05) is 77.9 Å². The smallest absolute Gasteiger partial charge is 0.126 e. The number of rotatable bonds is 8. The van der Waals surface area contributed by atoms with E-state index in [9.17, 15) is 0 Å². The van der Waals surface area contributed by atoms with Gasteiger partial charge in [0.25, 0.3) is 0 Å². The molecular formula is C26H24N2O2. The molecule has 0 aliphatic heterocycles. The number of benzene rings is 3. The molecule has 0 bridgehead atoms. The van der Waals surface area contributed by atoms with Gasteiger partial charge >= 0.3 is 0 Å². The van der Waals surface area contributed by atoms with E-state index in [2.05, 4.69) is 23.2 Å². The van der Waals surface area contributed by atoms with Gasteiger partial charge in [0.1, 0.15) is 12.4 Å². The Morgan fingerprint density at radius 2 is 1.40 bits per heavy atom. The number of nitrogens with zero attached hydrogens (tertiary/aromatic N) is 2. The summed E-state index contributed by atoms with van der Waals surface area (Å²) in [5.41, 5.74) is 5.39. The molecule has 0 aliphatic rings. The molecule has 0 N–H and O–H groups in total. The lowest BCUT2D eigenvalue weighted by Gasteiger charge is -2.25. The van der Waals surface area contributed by atoms with Crippen LogP contribution in [0, 0.1) is 0 Å². The molecule has 4 heteroatoms. The molecule has 0 fully saturated rings. The highest BCUT2D eigenvalue weighted by Crippen LogP contribution is 2.32. The molecular weight excluding hydrogens is 372 g/mol. The van der Waals surface area contributed by atoms with Crippen LogP contribution in [0.5, 0.6) is 5.75 Å². The summed E-state index contributed by atoms with van der Waals surface area (Å²) < 4.78 is 5.57. The number of aromatic nitrogens is 1. The zero-order chi connectivity index (χ0) is 20.6. The van der Waals surface area contributed by atoms with Gasteiger partial charge in [-0.3, -0.25) is 9.82 Å². The summed E-state index contributed by atoms with van der Waals surface area (Å²) >= 11 is 0. The SMILES string of the molecule is COc1ccccc1-c1ccccc1CON(Cc1ccncc1)c1ccccc1. The third kappa shape index (κ3) is 4.67. The predicted molar refractivity (Wildman–Crippen MR) is 120 cm³/mol. The number of hydroxylamine groups is 1. The van der Waals surface area contributed by atoms with Gasteiger partial charge < -0.3 is 4.74 Å². The van der Waals surface area contributed by atoms with Gasteiger partial charge in [0.2, 0.25) is 0 Å². The molecule has 150 valence electrons. The summed E-state index contributed by atoms with van der Waals surface area (Å²) in [5.74, 6) is 0.849. The zero-order valence-electron chi connectivity index (χ0n) is 16.9. The largest absolute Gasteiger partial charge is 0.496 e. The molecule has 1 aromatic heterocycles. The average molecular weight is 396 g/mol. The normalized spacial score (nSPS) is 10.6. The number of pyridine rings is 1. The molecule has 1 heterocycles. The Morgan fingerprint density at radius 3 is 2.17 bits per heavy atom. The van der Waals surface area contributed by atoms with Crippen LogP contribution in [0.3, 0.4) is 0 Å². The molecule has 0 atom stereocenters.